The van der Waals surface area contributed by atoms with Crippen LogP contribution in [0.15, 0.2) is 48.9 Å². The van der Waals surface area contributed by atoms with Crippen LogP contribution in [0.25, 0.3) is 17.2 Å². The number of aliphatic hydroxyl groups is 1. The molecule has 1 amide bonds. The number of rotatable bonds is 5. The van der Waals surface area contributed by atoms with Gasteiger partial charge in [-0.2, -0.15) is 0 Å². The molecule has 0 spiro atoms. The molecule has 1 aliphatic heterocycles. The number of likely N-dealkylation sites (N-methyl/N-ethyl adjacent to an activating group) is 1. The summed E-state index contributed by atoms with van der Waals surface area (Å²) in [4.78, 5) is 30.9. The Labute approximate surface area is 193 Å². The summed E-state index contributed by atoms with van der Waals surface area (Å²) >= 11 is 0. The number of hydrogen-bond acceptors (Lipinski definition) is 9. The topological polar surface area (TPSA) is 135 Å². The average molecular weight is 461 g/mol. The van der Waals surface area contributed by atoms with Crippen LogP contribution in [0.3, 0.4) is 0 Å². The monoisotopic (exact) mass is 461 g/mol. The van der Waals surface area contributed by atoms with Gasteiger partial charge in [0, 0.05) is 32.4 Å². The van der Waals surface area contributed by atoms with Crippen molar-refractivity contribution in [2.75, 3.05) is 18.9 Å². The molecule has 5 rings (SSSR count). The number of carbonyl (C=O) groups is 1. The maximum Gasteiger partial charge on any atom is 0.260 e. The van der Waals surface area contributed by atoms with Crippen molar-refractivity contribution in [3.05, 3.63) is 66.1 Å². The summed E-state index contributed by atoms with van der Waals surface area (Å²) in [6.07, 6.45) is 4.76. The van der Waals surface area contributed by atoms with E-state index in [2.05, 4.69) is 35.6 Å². The molecule has 4 aromatic rings. The van der Waals surface area contributed by atoms with Gasteiger partial charge in [0.15, 0.2) is 17.2 Å². The maximum absolute atomic E-state index is 14.3. The minimum atomic E-state index is -1.70. The van der Waals surface area contributed by atoms with E-state index in [0.717, 1.165) is 0 Å². The normalized spacial score (nSPS) is 17.9. The van der Waals surface area contributed by atoms with Gasteiger partial charge in [-0.25, -0.2) is 24.0 Å². The molecule has 0 saturated carbocycles. The lowest BCUT2D eigenvalue weighted by atomic mass is 9.99. The van der Waals surface area contributed by atoms with Crippen molar-refractivity contribution in [2.45, 2.75) is 18.9 Å². The summed E-state index contributed by atoms with van der Waals surface area (Å²) in [6.45, 7) is 2.01. The highest BCUT2D eigenvalue weighted by molar-refractivity contribution is 5.87. The quantitative estimate of drug-likeness (QED) is 0.456. The number of aryl methyl sites for hydroxylation is 1. The fraction of sp³-hybridized carbons (Fsp3) is 0.227. The molecule has 0 bridgehead atoms. The van der Waals surface area contributed by atoms with Crippen LogP contribution in [0, 0.1) is 12.7 Å². The van der Waals surface area contributed by atoms with Crippen molar-refractivity contribution in [1.82, 2.24) is 39.8 Å². The second kappa shape index (κ2) is 8.23. The number of halogens is 1. The predicted molar refractivity (Wildman–Crippen MR) is 119 cm³/mol. The van der Waals surface area contributed by atoms with Crippen LogP contribution in [-0.2, 0) is 10.4 Å². The Morgan fingerprint density at radius 1 is 1.12 bits per heavy atom. The molecule has 5 heterocycles. The first-order valence-electron chi connectivity index (χ1n) is 10.4. The van der Waals surface area contributed by atoms with Crippen LogP contribution in [0.1, 0.15) is 17.8 Å². The smallest absolute Gasteiger partial charge is 0.260 e. The van der Waals surface area contributed by atoms with Gasteiger partial charge in [0.2, 0.25) is 5.95 Å². The van der Waals surface area contributed by atoms with Gasteiger partial charge in [0.25, 0.3) is 5.91 Å². The first-order chi connectivity index (χ1) is 16.3. The lowest BCUT2D eigenvalue weighted by Gasteiger charge is -2.17. The summed E-state index contributed by atoms with van der Waals surface area (Å²) in [5, 5.41) is 21.7. The van der Waals surface area contributed by atoms with E-state index in [9.17, 15) is 14.3 Å². The molecular weight excluding hydrogens is 441 g/mol. The first kappa shape index (κ1) is 21.5. The molecule has 2 N–H and O–H groups in total. The molecule has 4 aromatic heterocycles. The Morgan fingerprint density at radius 2 is 1.91 bits per heavy atom. The lowest BCUT2D eigenvalue weighted by Crippen LogP contribution is -2.36. The van der Waals surface area contributed by atoms with Gasteiger partial charge in [-0.3, -0.25) is 9.78 Å². The highest BCUT2D eigenvalue weighted by Gasteiger charge is 2.47. The molecule has 12 heteroatoms. The maximum atomic E-state index is 14.3. The zero-order valence-electron chi connectivity index (χ0n) is 18.3. The van der Waals surface area contributed by atoms with Crippen molar-refractivity contribution in [3.8, 4) is 17.2 Å². The van der Waals surface area contributed by atoms with Crippen LogP contribution in [-0.4, -0.2) is 64.4 Å². The number of aromatic nitrogens is 7. The summed E-state index contributed by atoms with van der Waals surface area (Å²) in [5.41, 5.74) is -0.0423. The van der Waals surface area contributed by atoms with Crippen molar-refractivity contribution < 1.29 is 14.3 Å². The number of hydrogen-bond donors (Lipinski definition) is 2. The number of nitrogens with one attached hydrogen (secondary N) is 1. The van der Waals surface area contributed by atoms with Crippen LogP contribution in [0.5, 0.6) is 0 Å². The fourth-order valence-electron chi connectivity index (χ4n) is 3.68. The van der Waals surface area contributed by atoms with Gasteiger partial charge in [0.05, 0.1) is 29.0 Å². The van der Waals surface area contributed by atoms with E-state index >= 15 is 0 Å². The highest BCUT2D eigenvalue weighted by atomic mass is 19.1. The molecule has 11 nitrogen and oxygen atoms in total. The molecule has 0 aliphatic carbocycles. The Bertz CT molecular complexity index is 1390. The van der Waals surface area contributed by atoms with Gasteiger partial charge in [-0.15, -0.1) is 5.10 Å². The molecule has 0 aromatic carbocycles. The first-order valence-corrected chi connectivity index (χ1v) is 10.4. The van der Waals surface area contributed by atoms with E-state index in [4.69, 9.17) is 0 Å². The van der Waals surface area contributed by atoms with Crippen LogP contribution < -0.4 is 5.32 Å². The van der Waals surface area contributed by atoms with E-state index in [1.54, 1.807) is 38.2 Å². The van der Waals surface area contributed by atoms with Crippen LogP contribution >= 0.6 is 0 Å². The van der Waals surface area contributed by atoms with E-state index in [-0.39, 0.29) is 29.4 Å². The molecule has 172 valence electrons. The zero-order chi connectivity index (χ0) is 23.9. The van der Waals surface area contributed by atoms with Crippen molar-refractivity contribution in [2.24, 2.45) is 0 Å². The number of anilines is 2. The molecule has 0 radical (unpaired) electrons. The van der Waals surface area contributed by atoms with Crippen molar-refractivity contribution in [3.63, 3.8) is 0 Å². The van der Waals surface area contributed by atoms with E-state index in [1.165, 1.54) is 34.2 Å². The largest absolute Gasteiger partial charge is 0.374 e. The van der Waals surface area contributed by atoms with Crippen LogP contribution in [0.4, 0.5) is 16.0 Å². The van der Waals surface area contributed by atoms with Gasteiger partial charge < -0.3 is 15.3 Å². The second-order valence-electron chi connectivity index (χ2n) is 7.91. The third kappa shape index (κ3) is 3.73. The molecule has 1 aliphatic rings. The van der Waals surface area contributed by atoms with Gasteiger partial charge in [0.1, 0.15) is 5.69 Å². The minimum Gasteiger partial charge on any atom is -0.374 e. The average Bonchev–Trinajstić information content (AvgIpc) is 3.45. The van der Waals surface area contributed by atoms with Crippen molar-refractivity contribution in [1.29, 1.82) is 0 Å². The van der Waals surface area contributed by atoms with Gasteiger partial charge in [-0.1, -0.05) is 11.3 Å². The third-order valence-corrected chi connectivity index (χ3v) is 5.62. The number of amides is 1. The van der Waals surface area contributed by atoms with Gasteiger partial charge in [-0.05, 0) is 31.2 Å². The molecule has 1 saturated heterocycles. The van der Waals surface area contributed by atoms with Gasteiger partial charge >= 0.3 is 0 Å². The molecule has 1 atom stereocenters. The van der Waals surface area contributed by atoms with Crippen molar-refractivity contribution >= 4 is 17.5 Å². The number of likely N-dealkylation sites (tertiary alicyclic amines) is 1. The number of pyridine rings is 2. The second-order valence-corrected chi connectivity index (χ2v) is 7.91. The van der Waals surface area contributed by atoms with E-state index in [0.29, 0.717) is 23.8 Å². The summed E-state index contributed by atoms with van der Waals surface area (Å²) in [6, 6.07) is 8.41. The Morgan fingerprint density at radius 3 is 2.71 bits per heavy atom. The minimum absolute atomic E-state index is 0.164. The molecule has 34 heavy (non-hydrogen) atoms. The Kier molecular flexibility index (Phi) is 5.21. The summed E-state index contributed by atoms with van der Waals surface area (Å²) < 4.78 is 15.7. The zero-order valence-corrected chi connectivity index (χ0v) is 18.3. The SMILES string of the molecule is Cc1nccc(Nc2nccc(-c3cccc(-n4cc([C@]5(O)CCN(C)C5=O)nn4)n3)n2)c1F. The molecule has 1 fully saturated rings. The predicted octanol–water partition coefficient (Wildman–Crippen LogP) is 1.76. The molecule has 0 unspecified atom stereocenters. The Balaban J connectivity index is 1.42. The number of carbonyl (C=O) groups excluding carboxylic acids is 1. The number of nitrogens with zero attached hydrogens (tertiary/aromatic N) is 8. The fourth-order valence-corrected chi connectivity index (χ4v) is 3.68. The summed E-state index contributed by atoms with van der Waals surface area (Å²) in [5.74, 6) is -0.277. The highest BCUT2D eigenvalue weighted by Crippen LogP contribution is 2.31. The Hall–Kier alpha value is -4.32. The standard InChI is InChI=1S/C22H20FN9O2/c1-13-19(23)16(7-9-24-13)28-21-25-10-6-15(27-21)14-4-3-5-18(26-14)32-12-17(29-30-32)22(34)8-11-31(2)20(22)33/h3-7,9-10,12,34H,8,11H2,1-2H3,(H,24,25,27,28)/t22-/m1/s1. The molecular formula is C22H20FN9O2. The lowest BCUT2D eigenvalue weighted by molar-refractivity contribution is -0.143. The summed E-state index contributed by atoms with van der Waals surface area (Å²) in [7, 11) is 1.63. The van der Waals surface area contributed by atoms with Crippen LogP contribution in [0.2, 0.25) is 0 Å². The van der Waals surface area contributed by atoms with E-state index in [1.807, 2.05) is 0 Å². The van der Waals surface area contributed by atoms with E-state index < -0.39 is 17.3 Å². The third-order valence-electron chi connectivity index (χ3n) is 5.62.